The minimum Gasteiger partial charge on any atom is -0.368 e. The topological polar surface area (TPSA) is 104 Å². The fourth-order valence-electron chi connectivity index (χ4n) is 6.08. The summed E-state index contributed by atoms with van der Waals surface area (Å²) in [5.41, 5.74) is 13.4. The molecule has 2 heterocycles. The van der Waals surface area contributed by atoms with E-state index in [9.17, 15) is 15.3 Å². The van der Waals surface area contributed by atoms with Crippen molar-refractivity contribution in [1.29, 1.82) is 10.5 Å². The lowest BCUT2D eigenvalue weighted by molar-refractivity contribution is 0.0745. The molecule has 8 heteroatoms. The number of carbonyl (C=O) groups excluding carboxylic acids is 1. The molecule has 1 amide bonds. The summed E-state index contributed by atoms with van der Waals surface area (Å²) >= 11 is 0. The highest BCUT2D eigenvalue weighted by Gasteiger charge is 2.26. The van der Waals surface area contributed by atoms with Crippen LogP contribution in [0.25, 0.3) is 0 Å². The first kappa shape index (κ1) is 36.1. The molecule has 3 aromatic carbocycles. The molecule has 0 bridgehead atoms. The third kappa shape index (κ3) is 8.88. The monoisotopic (exact) mass is 621 g/mol. The number of aryl methyl sites for hydroxylation is 2. The summed E-state index contributed by atoms with van der Waals surface area (Å²) < 4.78 is 0. The summed E-state index contributed by atoms with van der Waals surface area (Å²) in [7, 11) is 0. The SMILES string of the molecule is CC.CC.Cc1cc(CCCN)c(C(=O)N2CCN(c3ccccc3C#N)CC2)cc1CN1CCN(c2ccccc2C#N)CC1. The third-order valence-electron chi connectivity index (χ3n) is 8.51. The van der Waals surface area contributed by atoms with Crippen LogP contribution < -0.4 is 15.5 Å². The minimum atomic E-state index is 0.0782. The number of nitriles is 2. The van der Waals surface area contributed by atoms with Gasteiger partial charge in [0.15, 0.2) is 0 Å². The van der Waals surface area contributed by atoms with E-state index >= 15 is 0 Å². The Balaban J connectivity index is 0.00000139. The summed E-state index contributed by atoms with van der Waals surface area (Å²) in [6, 6.07) is 24.4. The van der Waals surface area contributed by atoms with Gasteiger partial charge >= 0.3 is 0 Å². The highest BCUT2D eigenvalue weighted by molar-refractivity contribution is 5.96. The van der Waals surface area contributed by atoms with E-state index < -0.39 is 0 Å². The van der Waals surface area contributed by atoms with E-state index in [4.69, 9.17) is 5.73 Å². The molecule has 3 aromatic rings. The predicted molar refractivity (Wildman–Crippen MR) is 189 cm³/mol. The minimum absolute atomic E-state index is 0.0782. The molecule has 0 unspecified atom stereocenters. The van der Waals surface area contributed by atoms with Crippen molar-refractivity contribution < 1.29 is 4.79 Å². The van der Waals surface area contributed by atoms with Crippen molar-refractivity contribution in [2.75, 3.05) is 68.7 Å². The van der Waals surface area contributed by atoms with Gasteiger partial charge in [-0.15, -0.1) is 0 Å². The number of carbonyl (C=O) groups is 1. The summed E-state index contributed by atoms with van der Waals surface area (Å²) in [5.74, 6) is 0.0782. The van der Waals surface area contributed by atoms with Crippen LogP contribution in [-0.2, 0) is 13.0 Å². The van der Waals surface area contributed by atoms with Crippen molar-refractivity contribution in [3.63, 3.8) is 0 Å². The third-order valence-corrected chi connectivity index (χ3v) is 8.51. The Morgan fingerprint density at radius 2 is 1.24 bits per heavy atom. The Morgan fingerprint density at radius 1 is 0.739 bits per heavy atom. The largest absolute Gasteiger partial charge is 0.368 e. The lowest BCUT2D eigenvalue weighted by atomic mass is 9.94. The summed E-state index contributed by atoms with van der Waals surface area (Å²) in [4.78, 5) is 22.8. The Morgan fingerprint density at radius 3 is 1.74 bits per heavy atom. The number of rotatable bonds is 8. The molecule has 2 N–H and O–H groups in total. The second-order valence-corrected chi connectivity index (χ2v) is 11.1. The van der Waals surface area contributed by atoms with E-state index in [0.717, 1.165) is 68.1 Å². The standard InChI is InChI=1S/C34H39N7O.2C2H6/c1-26-21-27(9-6-12-35)31(34(42)41-19-17-40(18-20-41)33-11-5-3-8-29(33)24-37)22-30(26)25-38-13-15-39(16-14-38)32-10-4-2-7-28(32)23-36;2*1-2/h2-5,7-8,10-11,21-22H,6,9,12-20,25,35H2,1H3;2*1-2H3. The van der Waals surface area contributed by atoms with E-state index in [1.807, 2.05) is 81.1 Å². The van der Waals surface area contributed by atoms with Crippen LogP contribution in [0.5, 0.6) is 0 Å². The van der Waals surface area contributed by atoms with Crippen LogP contribution in [0, 0.1) is 29.6 Å². The van der Waals surface area contributed by atoms with Crippen LogP contribution in [0.3, 0.4) is 0 Å². The average Bonchev–Trinajstić information content (AvgIpc) is 3.13. The van der Waals surface area contributed by atoms with Gasteiger partial charge in [-0.1, -0.05) is 58.0 Å². The van der Waals surface area contributed by atoms with E-state index in [1.165, 1.54) is 11.1 Å². The van der Waals surface area contributed by atoms with Crippen molar-refractivity contribution in [2.24, 2.45) is 5.73 Å². The van der Waals surface area contributed by atoms with E-state index in [0.29, 0.717) is 43.9 Å². The molecule has 244 valence electrons. The molecule has 0 saturated carbocycles. The lowest BCUT2D eigenvalue weighted by Gasteiger charge is -2.37. The Hall–Kier alpha value is -4.37. The summed E-state index contributed by atoms with van der Waals surface area (Å²) in [5, 5.41) is 19.0. The van der Waals surface area contributed by atoms with Gasteiger partial charge in [-0.3, -0.25) is 9.69 Å². The smallest absolute Gasteiger partial charge is 0.254 e. The highest BCUT2D eigenvalue weighted by Crippen LogP contribution is 2.26. The maximum atomic E-state index is 13.9. The van der Waals surface area contributed by atoms with Crippen molar-refractivity contribution in [1.82, 2.24) is 9.80 Å². The van der Waals surface area contributed by atoms with Gasteiger partial charge in [0.1, 0.15) is 12.1 Å². The fraction of sp³-hybridized carbons (Fsp3) is 0.447. The van der Waals surface area contributed by atoms with Gasteiger partial charge in [-0.25, -0.2) is 0 Å². The molecule has 2 aliphatic heterocycles. The first-order valence-electron chi connectivity index (χ1n) is 16.8. The normalized spacial score (nSPS) is 14.7. The van der Waals surface area contributed by atoms with Crippen molar-refractivity contribution in [2.45, 2.75) is 54.0 Å². The number of nitrogens with zero attached hydrogens (tertiary/aromatic N) is 6. The lowest BCUT2D eigenvalue weighted by Crippen LogP contribution is -2.49. The van der Waals surface area contributed by atoms with Crippen molar-refractivity contribution in [3.8, 4) is 12.1 Å². The second kappa shape index (κ2) is 18.6. The number of hydrogen-bond acceptors (Lipinski definition) is 7. The quantitative estimate of drug-likeness (QED) is 0.331. The van der Waals surface area contributed by atoms with Crippen LogP contribution in [0.15, 0.2) is 60.7 Å². The maximum Gasteiger partial charge on any atom is 0.254 e. The molecule has 0 spiro atoms. The van der Waals surface area contributed by atoms with E-state index in [-0.39, 0.29) is 5.91 Å². The van der Waals surface area contributed by atoms with Gasteiger partial charge in [0.25, 0.3) is 5.91 Å². The van der Waals surface area contributed by atoms with Gasteiger partial charge < -0.3 is 20.4 Å². The fourth-order valence-corrected chi connectivity index (χ4v) is 6.08. The maximum absolute atomic E-state index is 13.9. The summed E-state index contributed by atoms with van der Waals surface area (Å²) in [6.45, 7) is 17.6. The molecule has 2 aliphatic rings. The number of amides is 1. The molecule has 0 aliphatic carbocycles. The number of hydrogen-bond donors (Lipinski definition) is 1. The van der Waals surface area contributed by atoms with Crippen LogP contribution in [0.2, 0.25) is 0 Å². The Kier molecular flexibility index (Phi) is 14.6. The number of para-hydroxylation sites is 2. The first-order valence-corrected chi connectivity index (χ1v) is 16.8. The van der Waals surface area contributed by atoms with Gasteiger partial charge in [-0.05, 0) is 73.3 Å². The molecule has 8 nitrogen and oxygen atoms in total. The van der Waals surface area contributed by atoms with Gasteiger partial charge in [-0.2, -0.15) is 10.5 Å². The van der Waals surface area contributed by atoms with Gasteiger partial charge in [0, 0.05) is 64.5 Å². The highest BCUT2D eigenvalue weighted by atomic mass is 16.2. The molecule has 2 fully saturated rings. The zero-order valence-corrected chi connectivity index (χ0v) is 28.4. The second-order valence-electron chi connectivity index (χ2n) is 11.1. The zero-order chi connectivity index (χ0) is 33.5. The number of piperazine rings is 2. The summed E-state index contributed by atoms with van der Waals surface area (Å²) in [6.07, 6.45) is 1.62. The number of benzene rings is 3. The van der Waals surface area contributed by atoms with Crippen molar-refractivity contribution in [3.05, 3.63) is 94.0 Å². The molecule has 0 aromatic heterocycles. The molecular formula is C38H51N7O. The molecule has 2 saturated heterocycles. The Labute approximate surface area is 276 Å². The first-order chi connectivity index (χ1) is 22.5. The molecular weight excluding hydrogens is 570 g/mol. The molecule has 5 rings (SSSR count). The molecule has 0 atom stereocenters. The predicted octanol–water partition coefficient (Wildman–Crippen LogP) is 5.97. The molecule has 46 heavy (non-hydrogen) atoms. The van der Waals surface area contributed by atoms with E-state index in [2.05, 4.69) is 45.9 Å². The van der Waals surface area contributed by atoms with Crippen LogP contribution >= 0.6 is 0 Å². The van der Waals surface area contributed by atoms with Crippen molar-refractivity contribution >= 4 is 17.3 Å². The number of nitrogens with two attached hydrogens (primary N) is 1. The van der Waals surface area contributed by atoms with Crippen LogP contribution in [-0.4, -0.2) is 74.6 Å². The average molecular weight is 622 g/mol. The van der Waals surface area contributed by atoms with Gasteiger partial charge in [0.2, 0.25) is 0 Å². The van der Waals surface area contributed by atoms with Crippen LogP contribution in [0.1, 0.15) is 72.3 Å². The van der Waals surface area contributed by atoms with Gasteiger partial charge in [0.05, 0.1) is 22.5 Å². The molecule has 0 radical (unpaired) electrons. The zero-order valence-electron chi connectivity index (χ0n) is 28.4. The Bertz CT molecular complexity index is 1490. The number of anilines is 2. The van der Waals surface area contributed by atoms with E-state index in [1.54, 1.807) is 0 Å². The van der Waals surface area contributed by atoms with Crippen LogP contribution in [0.4, 0.5) is 11.4 Å².